The number of hydrogen-bond donors (Lipinski definition) is 5. The minimum atomic E-state index is -4.27. The number of fused-ring (bicyclic) bond motifs is 3. The van der Waals surface area contributed by atoms with E-state index in [-0.39, 0.29) is 23.6 Å². The first-order valence-corrected chi connectivity index (χ1v) is 14.8. The Kier molecular flexibility index (Phi) is 5.87. The van der Waals surface area contributed by atoms with Gasteiger partial charge in [-0.1, -0.05) is 12.2 Å². The number of hydrogen-bond acceptors (Lipinski definition) is 14. The summed E-state index contributed by atoms with van der Waals surface area (Å²) in [5, 5.41) is 35.8. The molecule has 0 spiro atoms. The van der Waals surface area contributed by atoms with Crippen LogP contribution in [0, 0.1) is 0 Å². The van der Waals surface area contributed by atoms with Crippen LogP contribution in [0.25, 0.3) is 11.4 Å². The largest absolute Gasteiger partial charge is 0.394 e. The molecule has 0 aromatic carbocycles. The molecule has 3 aliphatic rings. The predicted octanol–water partition coefficient (Wildman–Crippen LogP) is -1.15. The lowest BCUT2D eigenvalue weighted by molar-refractivity contribution is -0.0504. The Morgan fingerprint density at radius 3 is 2.83 bits per heavy atom. The first-order valence-electron chi connectivity index (χ1n) is 12.1. The molecule has 4 aromatic heterocycles. The van der Waals surface area contributed by atoms with E-state index in [0.717, 1.165) is 0 Å². The van der Waals surface area contributed by atoms with Gasteiger partial charge in [-0.15, -0.1) is 0 Å². The number of anilines is 1. The highest BCUT2D eigenvalue weighted by Crippen LogP contribution is 2.65. The Morgan fingerprint density at radius 1 is 1.25 bits per heavy atom. The van der Waals surface area contributed by atoms with Crippen molar-refractivity contribution in [2.24, 2.45) is 0 Å². The SMILES string of the molecule is Nc1ncnn2c([C@H]3C[C@@]4(O)C(OP(=O)(S)OC5[C@H](n6ccc(=O)n7ccnc67)O[C@H](CO)[C@H]5O)[C@H]4O3)cnc12. The molecule has 3 fully saturated rings. The van der Waals surface area contributed by atoms with Gasteiger partial charge in [-0.25, -0.2) is 24.0 Å². The molecule has 0 radical (unpaired) electrons. The monoisotopic (exact) mass is 594 g/mol. The van der Waals surface area contributed by atoms with Crippen molar-refractivity contribution in [2.45, 2.75) is 54.9 Å². The Morgan fingerprint density at radius 2 is 2.08 bits per heavy atom. The molecule has 0 bridgehead atoms. The summed E-state index contributed by atoms with van der Waals surface area (Å²) in [6.45, 7) is -4.84. The number of aliphatic hydroxyl groups is 3. The van der Waals surface area contributed by atoms with Crippen molar-refractivity contribution in [1.82, 2.24) is 33.5 Å². The van der Waals surface area contributed by atoms with Gasteiger partial charge in [0.1, 0.15) is 48.6 Å². The highest BCUT2D eigenvalue weighted by Gasteiger charge is 2.74. The highest BCUT2D eigenvalue weighted by atomic mass is 32.7. The third kappa shape index (κ3) is 3.91. The van der Waals surface area contributed by atoms with E-state index in [1.54, 1.807) is 0 Å². The minimum Gasteiger partial charge on any atom is -0.394 e. The maximum absolute atomic E-state index is 13.4. The van der Waals surface area contributed by atoms with Gasteiger partial charge in [0.25, 0.3) is 5.56 Å². The first-order chi connectivity index (χ1) is 19.1. The van der Waals surface area contributed by atoms with Crippen molar-refractivity contribution in [1.29, 1.82) is 0 Å². The second kappa shape index (κ2) is 9.04. The molecule has 1 aliphatic carbocycles. The van der Waals surface area contributed by atoms with Crippen LogP contribution in [0.3, 0.4) is 0 Å². The molecule has 9 atom stereocenters. The van der Waals surface area contributed by atoms with Gasteiger partial charge in [0.2, 0.25) is 5.78 Å². The maximum atomic E-state index is 13.4. The summed E-state index contributed by atoms with van der Waals surface area (Å²) in [4.78, 5) is 24.4. The number of nitrogen functional groups attached to an aromatic ring is 1. The van der Waals surface area contributed by atoms with Crippen LogP contribution in [0.15, 0.2) is 42.0 Å². The Balaban J connectivity index is 1.09. The number of nitrogens with zero attached hydrogens (tertiary/aromatic N) is 7. The van der Waals surface area contributed by atoms with Crippen molar-refractivity contribution in [3.8, 4) is 0 Å². The molecule has 7 rings (SSSR count). The van der Waals surface area contributed by atoms with Gasteiger partial charge in [-0.3, -0.25) is 22.8 Å². The van der Waals surface area contributed by atoms with Crippen LogP contribution >= 0.6 is 19.0 Å². The molecule has 2 aliphatic heterocycles. The van der Waals surface area contributed by atoms with Crippen LogP contribution < -0.4 is 11.3 Å². The molecule has 4 aromatic rings. The molecule has 5 N–H and O–H groups in total. The topological polar surface area (TPSA) is 223 Å². The average molecular weight is 595 g/mol. The van der Waals surface area contributed by atoms with E-state index >= 15 is 0 Å². The third-order valence-corrected chi connectivity index (χ3v) is 8.97. The maximum Gasteiger partial charge on any atom is 0.387 e. The van der Waals surface area contributed by atoms with Crippen molar-refractivity contribution in [3.63, 3.8) is 0 Å². The highest BCUT2D eigenvalue weighted by molar-refractivity contribution is 8.44. The summed E-state index contributed by atoms with van der Waals surface area (Å²) in [5.74, 6) is 0.352. The molecule has 40 heavy (non-hydrogen) atoms. The number of aromatic nitrogens is 7. The van der Waals surface area contributed by atoms with Gasteiger partial charge >= 0.3 is 6.80 Å². The Bertz CT molecular complexity index is 1730. The van der Waals surface area contributed by atoms with E-state index in [0.29, 0.717) is 11.3 Å². The molecule has 19 heteroatoms. The van der Waals surface area contributed by atoms with Gasteiger partial charge in [0.05, 0.1) is 18.5 Å². The van der Waals surface area contributed by atoms with Crippen LogP contribution in [0.5, 0.6) is 0 Å². The van der Waals surface area contributed by atoms with Crippen molar-refractivity contribution in [3.05, 3.63) is 53.2 Å². The van der Waals surface area contributed by atoms with E-state index < -0.39 is 61.9 Å². The molecule has 6 heterocycles. The fourth-order valence-corrected chi connectivity index (χ4v) is 7.17. The molecule has 17 nitrogen and oxygen atoms in total. The van der Waals surface area contributed by atoms with E-state index in [1.165, 1.54) is 50.7 Å². The van der Waals surface area contributed by atoms with Crippen LogP contribution in [-0.2, 0) is 23.1 Å². The van der Waals surface area contributed by atoms with Crippen LogP contribution in [0.1, 0.15) is 24.4 Å². The predicted molar refractivity (Wildman–Crippen MR) is 135 cm³/mol. The lowest BCUT2D eigenvalue weighted by Gasteiger charge is -2.26. The Hall–Kier alpha value is -2.93. The summed E-state index contributed by atoms with van der Waals surface area (Å²) in [6, 6.07) is 1.25. The lowest BCUT2D eigenvalue weighted by Crippen LogP contribution is -2.35. The fraction of sp³-hybridized carbons (Fsp3) is 0.476. The summed E-state index contributed by atoms with van der Waals surface area (Å²) >= 11 is 4.08. The summed E-state index contributed by atoms with van der Waals surface area (Å²) < 4.78 is 40.5. The summed E-state index contributed by atoms with van der Waals surface area (Å²) in [6.07, 6.45) is -0.442. The Labute approximate surface area is 228 Å². The van der Waals surface area contributed by atoms with Crippen molar-refractivity contribution < 1.29 is 38.4 Å². The van der Waals surface area contributed by atoms with Gasteiger partial charge in [0.15, 0.2) is 17.7 Å². The van der Waals surface area contributed by atoms with Crippen molar-refractivity contribution in [2.75, 3.05) is 12.3 Å². The zero-order chi connectivity index (χ0) is 28.0. The fourth-order valence-electron chi connectivity index (χ4n) is 5.37. The van der Waals surface area contributed by atoms with Crippen LogP contribution in [-0.4, -0.2) is 91.6 Å². The van der Waals surface area contributed by atoms with E-state index in [2.05, 4.69) is 32.3 Å². The van der Waals surface area contributed by atoms with Crippen LogP contribution in [0.2, 0.25) is 0 Å². The molecule has 3 unspecified atom stereocenters. The molecular weight excluding hydrogens is 571 g/mol. The van der Waals surface area contributed by atoms with Gasteiger partial charge in [0, 0.05) is 31.1 Å². The minimum absolute atomic E-state index is 0.0768. The van der Waals surface area contributed by atoms with Gasteiger partial charge in [-0.05, 0) is 0 Å². The quantitative estimate of drug-likeness (QED) is 0.126. The van der Waals surface area contributed by atoms with Gasteiger partial charge in [-0.2, -0.15) is 5.10 Å². The second-order valence-corrected chi connectivity index (χ2v) is 12.6. The first kappa shape index (κ1) is 26.0. The number of rotatable bonds is 7. The van der Waals surface area contributed by atoms with E-state index in [9.17, 15) is 24.7 Å². The second-order valence-electron chi connectivity index (χ2n) is 9.77. The molecule has 0 amide bonds. The van der Waals surface area contributed by atoms with Crippen molar-refractivity contribution >= 4 is 36.3 Å². The normalized spacial score (nSPS) is 34.9. The zero-order valence-electron chi connectivity index (χ0n) is 20.3. The number of thiol groups is 1. The number of nitrogens with two attached hydrogens (primary N) is 1. The number of aliphatic hydroxyl groups excluding tert-OH is 2. The molecule has 212 valence electrons. The number of ether oxygens (including phenoxy) is 2. The zero-order valence-corrected chi connectivity index (χ0v) is 22.1. The average Bonchev–Trinajstić information content (AvgIpc) is 3.53. The summed E-state index contributed by atoms with van der Waals surface area (Å²) in [7, 11) is 0. The third-order valence-electron chi connectivity index (χ3n) is 7.40. The smallest absolute Gasteiger partial charge is 0.387 e. The van der Waals surface area contributed by atoms with E-state index in [1.807, 2.05) is 0 Å². The molecular formula is C21H23N8O9PS. The van der Waals surface area contributed by atoms with Gasteiger partial charge < -0.3 is 30.5 Å². The lowest BCUT2D eigenvalue weighted by atomic mass is 10.1. The molecule has 1 saturated carbocycles. The summed E-state index contributed by atoms with van der Waals surface area (Å²) in [5.41, 5.74) is 4.88. The van der Waals surface area contributed by atoms with E-state index in [4.69, 9.17) is 24.3 Å². The standard InChI is InChI=1S/C21H23N8O9PS/c22-17-18-24-6-9(29(18)26-8-25-17)10-5-21(33)15(35-10)16(21)38-39(34,40)37-14-13(32)11(7-30)36-19(14)28-3-1-12(31)27-4-2-23-20(27)28/h1-4,6,8,10-11,13-16,19,30,32-33H,5,7H2,(H,34,40)(H2,22,25,26)/t10-,11-,13-,14?,15-,16?,19-,21+,39?/m1/s1. The number of imidazole rings is 2. The molecule has 2 saturated heterocycles. The van der Waals surface area contributed by atoms with Crippen LogP contribution in [0.4, 0.5) is 5.82 Å².